The summed E-state index contributed by atoms with van der Waals surface area (Å²) in [5, 5.41) is -13.8. The molecule has 42 heavy (non-hydrogen) atoms. The zero-order valence-electron chi connectivity index (χ0n) is 18.9. The molecule has 30 heteroatoms. The summed E-state index contributed by atoms with van der Waals surface area (Å²) in [6.07, 6.45) is -27.7. The van der Waals surface area contributed by atoms with E-state index in [4.69, 9.17) is 9.11 Å². The molecule has 0 aromatic carbocycles. The Labute approximate surface area is 219 Å². The van der Waals surface area contributed by atoms with Gasteiger partial charge in [0, 0.05) is 0 Å². The van der Waals surface area contributed by atoms with Crippen molar-refractivity contribution in [1.82, 2.24) is 12.3 Å². The first-order valence-electron chi connectivity index (χ1n) is 8.38. The summed E-state index contributed by atoms with van der Waals surface area (Å²) >= 11 is 0. The van der Waals surface area contributed by atoms with E-state index in [1.54, 1.807) is 0 Å². The molecule has 0 saturated heterocycles. The Morgan fingerprint density at radius 3 is 0.738 bits per heavy atom. The maximum Gasteiger partial charge on any atom is 0.438 e. The minimum atomic E-state index is -7.13. The van der Waals surface area contributed by atoms with Gasteiger partial charge in [-0.1, -0.05) is 0 Å². The molecule has 0 aromatic rings. The maximum absolute atomic E-state index is 12.7. The predicted octanol–water partition coefficient (Wildman–Crippen LogP) is 6.38. The molecule has 8 N–H and O–H groups in total. The molecule has 0 rings (SSSR count). The molecule has 0 aliphatic carbocycles. The highest BCUT2D eigenvalue weighted by Crippen LogP contribution is 2.53. The molecule has 8 nitrogen and oxygen atoms in total. The Balaban J connectivity index is -0.000000328. The molecule has 260 valence electrons. The van der Waals surface area contributed by atoms with E-state index in [-0.39, 0.29) is 12.3 Å². The molecule has 0 bridgehead atoms. The summed E-state index contributed by atoms with van der Waals surface area (Å²) in [4.78, 5) is 0. The summed E-state index contributed by atoms with van der Waals surface area (Å²) in [5.74, 6) is -27.6. The van der Waals surface area contributed by atoms with Gasteiger partial charge in [0.1, 0.15) is 0 Å². The smallest absolute Gasteiger partial charge is 0.344 e. The van der Waals surface area contributed by atoms with Crippen molar-refractivity contribution in [1.29, 1.82) is 0 Å². The van der Waals surface area contributed by atoms with Crippen molar-refractivity contribution < 1.29 is 114 Å². The van der Waals surface area contributed by atoms with Crippen LogP contribution < -0.4 is 12.3 Å². The number of hydrogen-bond acceptors (Lipinski definition) is 6. The summed E-state index contributed by atoms with van der Waals surface area (Å²) in [5.41, 5.74) is 0. The second-order valence-electron chi connectivity index (χ2n) is 6.95. The Morgan fingerprint density at radius 2 is 0.619 bits per heavy atom. The van der Waals surface area contributed by atoms with E-state index in [0.717, 1.165) is 0 Å². The van der Waals surface area contributed by atoms with E-state index in [2.05, 4.69) is 0 Å². The Bertz CT molecular complexity index is 1000. The lowest BCUT2D eigenvalue weighted by molar-refractivity contribution is -0.308. The van der Waals surface area contributed by atoms with Crippen LogP contribution in [0.4, 0.5) is 87.8 Å². The Hall–Kier alpha value is -1.66. The number of alkyl halides is 20. The maximum atomic E-state index is 12.7. The average molecular weight is 726 g/mol. The molecule has 0 amide bonds. The molecular weight excluding hydrogens is 712 g/mol. The van der Waals surface area contributed by atoms with Crippen LogP contribution in [-0.2, 0) is 20.2 Å². The van der Waals surface area contributed by atoms with E-state index in [1.165, 1.54) is 0 Å². The lowest BCUT2D eigenvalue weighted by Gasteiger charge is -2.32. The standard InChI is InChI=1S/2C6H4F10O3S.2H3N/c2*7-2(1-3(8,9)10)4(11,12)5(13,14)6(15,16)20(17,18)19;;/h2*2H,1H2,(H,17,18,19);2*1H3. The highest BCUT2D eigenvalue weighted by Gasteiger charge is 2.81. The lowest BCUT2D eigenvalue weighted by Crippen LogP contribution is -2.61. The molecule has 0 saturated carbocycles. The van der Waals surface area contributed by atoms with Gasteiger partial charge in [0.15, 0.2) is 12.3 Å². The summed E-state index contributed by atoms with van der Waals surface area (Å²) in [6, 6.07) is 0. The van der Waals surface area contributed by atoms with Crippen LogP contribution >= 0.6 is 0 Å². The second kappa shape index (κ2) is 13.1. The van der Waals surface area contributed by atoms with Crippen LogP contribution in [0.15, 0.2) is 0 Å². The summed E-state index contributed by atoms with van der Waals surface area (Å²) in [6.45, 7) is 0. The van der Waals surface area contributed by atoms with Crippen LogP contribution in [-0.4, -0.2) is 84.8 Å². The third-order valence-electron chi connectivity index (χ3n) is 3.82. The van der Waals surface area contributed by atoms with Crippen molar-refractivity contribution in [3.8, 4) is 0 Å². The van der Waals surface area contributed by atoms with Crippen molar-refractivity contribution >= 4 is 20.2 Å². The fraction of sp³-hybridized carbons (Fsp3) is 1.00. The number of halogens is 20. The van der Waals surface area contributed by atoms with Gasteiger partial charge < -0.3 is 12.3 Å². The first-order chi connectivity index (χ1) is 16.8. The van der Waals surface area contributed by atoms with E-state index in [1.807, 2.05) is 0 Å². The second-order valence-corrected chi connectivity index (χ2v) is 9.88. The minimum Gasteiger partial charge on any atom is -0.344 e. The molecule has 0 heterocycles. The van der Waals surface area contributed by atoms with Gasteiger partial charge in [0.2, 0.25) is 0 Å². The highest BCUT2D eigenvalue weighted by atomic mass is 32.2. The minimum absolute atomic E-state index is 0. The van der Waals surface area contributed by atoms with Crippen LogP contribution in [0.25, 0.3) is 0 Å². The fourth-order valence-corrected chi connectivity index (χ4v) is 2.69. The van der Waals surface area contributed by atoms with Gasteiger partial charge in [-0.2, -0.15) is 95.9 Å². The summed E-state index contributed by atoms with van der Waals surface area (Å²) in [7, 11) is -14.3. The van der Waals surface area contributed by atoms with Gasteiger partial charge in [-0.25, -0.2) is 8.78 Å². The quantitative estimate of drug-likeness (QED) is 0.148. The van der Waals surface area contributed by atoms with Crippen molar-refractivity contribution in [2.75, 3.05) is 0 Å². The average Bonchev–Trinajstić information content (AvgIpc) is 2.63. The van der Waals surface area contributed by atoms with Crippen LogP contribution in [0.2, 0.25) is 0 Å². The monoisotopic (exact) mass is 726 g/mol. The molecule has 2 atom stereocenters. The van der Waals surface area contributed by atoms with Crippen molar-refractivity contribution in [2.24, 2.45) is 0 Å². The Morgan fingerprint density at radius 1 is 0.452 bits per heavy atom. The van der Waals surface area contributed by atoms with Crippen LogP contribution in [0.1, 0.15) is 12.8 Å². The zero-order chi connectivity index (χ0) is 33.6. The van der Waals surface area contributed by atoms with Crippen molar-refractivity contribution in [3.63, 3.8) is 0 Å². The highest BCUT2D eigenvalue weighted by molar-refractivity contribution is 7.87. The molecule has 0 aromatic heterocycles. The molecular formula is C12H14F20N2O6S2. The molecule has 2 unspecified atom stereocenters. The van der Waals surface area contributed by atoms with E-state index in [9.17, 15) is 105 Å². The molecule has 0 fully saturated rings. The SMILES string of the molecule is N.N.O=S(=O)(O)C(F)(F)C(F)(F)C(F)(F)C(F)CC(F)(F)F.O=S(=O)(O)C(F)(F)C(F)(F)C(F)(F)C(F)CC(F)(F)F. The largest absolute Gasteiger partial charge is 0.438 e. The van der Waals surface area contributed by atoms with Crippen LogP contribution in [0, 0.1) is 0 Å². The first kappa shape index (κ1) is 47.3. The van der Waals surface area contributed by atoms with Gasteiger partial charge in [0.25, 0.3) is 0 Å². The topological polar surface area (TPSA) is 179 Å². The zero-order valence-corrected chi connectivity index (χ0v) is 20.5. The number of rotatable bonds is 10. The van der Waals surface area contributed by atoms with Crippen molar-refractivity contribution in [3.05, 3.63) is 0 Å². The Kier molecular flexibility index (Phi) is 14.8. The van der Waals surface area contributed by atoms with Crippen LogP contribution in [0.5, 0.6) is 0 Å². The molecule has 0 radical (unpaired) electrons. The number of hydrogen-bond donors (Lipinski definition) is 4. The van der Waals surface area contributed by atoms with E-state index in [0.29, 0.717) is 0 Å². The van der Waals surface area contributed by atoms with Gasteiger partial charge in [-0.05, 0) is 0 Å². The van der Waals surface area contributed by atoms with Gasteiger partial charge in [-0.15, -0.1) is 0 Å². The molecule has 0 aliphatic heterocycles. The molecule has 0 spiro atoms. The predicted molar refractivity (Wildman–Crippen MR) is 94.0 cm³/mol. The normalized spacial score (nSPS) is 16.3. The van der Waals surface area contributed by atoms with E-state index < -0.39 is 92.0 Å². The van der Waals surface area contributed by atoms with Gasteiger partial charge in [0.05, 0.1) is 12.8 Å². The lowest BCUT2D eigenvalue weighted by atomic mass is 10.0. The third kappa shape index (κ3) is 9.67. The first-order valence-corrected chi connectivity index (χ1v) is 11.3. The third-order valence-corrected chi connectivity index (χ3v) is 5.63. The van der Waals surface area contributed by atoms with Gasteiger partial charge in [-0.3, -0.25) is 9.11 Å². The van der Waals surface area contributed by atoms with Gasteiger partial charge >= 0.3 is 66.8 Å². The molecule has 0 aliphatic rings. The van der Waals surface area contributed by atoms with E-state index >= 15 is 0 Å². The van der Waals surface area contributed by atoms with Crippen LogP contribution in [0.3, 0.4) is 0 Å². The van der Waals surface area contributed by atoms with Crippen molar-refractivity contribution in [2.45, 2.75) is 71.7 Å². The fourth-order valence-electron chi connectivity index (χ4n) is 1.77. The summed E-state index contributed by atoms with van der Waals surface area (Å²) < 4.78 is 301.